The normalized spacial score (nSPS) is 9.90. The molecule has 0 radical (unpaired) electrons. The van der Waals surface area contributed by atoms with Crippen LogP contribution in [-0.4, -0.2) is 122 Å². The van der Waals surface area contributed by atoms with Crippen molar-refractivity contribution in [1.82, 2.24) is 38.2 Å². The minimum Gasteiger partial charge on any atom is -0.753 e. The van der Waals surface area contributed by atoms with Gasteiger partial charge in [-0.25, -0.2) is 19.9 Å². The fraction of sp³-hybridized carbons (Fsp3) is 0.429. The van der Waals surface area contributed by atoms with Crippen LogP contribution in [0.25, 0.3) is 21.6 Å². The molecule has 0 saturated heterocycles. The summed E-state index contributed by atoms with van der Waals surface area (Å²) < 4.78 is 7.76. The van der Waals surface area contributed by atoms with E-state index in [-0.39, 0.29) is 45.0 Å². The van der Waals surface area contributed by atoms with Gasteiger partial charge in [-0.3, -0.25) is 20.0 Å². The van der Waals surface area contributed by atoms with Crippen molar-refractivity contribution < 1.29 is 39.2 Å². The van der Waals surface area contributed by atoms with Gasteiger partial charge in [0.05, 0.1) is 24.9 Å². The van der Waals surface area contributed by atoms with Gasteiger partial charge in [0.2, 0.25) is 0 Å². The molecule has 4 heterocycles. The Labute approximate surface area is 383 Å². The first kappa shape index (κ1) is 62.9. The van der Waals surface area contributed by atoms with Crippen molar-refractivity contribution in [3.05, 3.63) is 94.5 Å². The molecule has 0 saturated carbocycles. The number of hydrogen-bond acceptors (Lipinski definition) is 13. The molecule has 0 aromatic carbocycles. The van der Waals surface area contributed by atoms with Gasteiger partial charge in [-0.05, 0) is 0 Å². The van der Waals surface area contributed by atoms with Gasteiger partial charge in [0.25, 0.3) is 0 Å². The van der Waals surface area contributed by atoms with Crippen molar-refractivity contribution in [2.75, 3.05) is 33.3 Å². The molecule has 58 heavy (non-hydrogen) atoms. The van der Waals surface area contributed by atoms with Crippen molar-refractivity contribution >= 4 is 94.4 Å². The Kier molecular flexibility index (Phi) is 42.9. The predicted octanol–water partition coefficient (Wildman–Crippen LogP) is 5.67. The Hall–Kier alpha value is -4.28. The number of aliphatic imine (C=N–C) groups is 4. The van der Waals surface area contributed by atoms with Gasteiger partial charge in [0, 0.05) is 122 Å². The zero-order valence-electron chi connectivity index (χ0n) is 33.7. The van der Waals surface area contributed by atoms with E-state index in [0.717, 1.165) is 30.4 Å². The van der Waals surface area contributed by atoms with Gasteiger partial charge in [-0.2, -0.15) is 20.6 Å². The summed E-state index contributed by atoms with van der Waals surface area (Å²) in [5.74, 6) is 3.45. The van der Waals surface area contributed by atoms with E-state index in [1.165, 1.54) is 20.6 Å². The molecule has 17 nitrogen and oxygen atoms in total. The van der Waals surface area contributed by atoms with Crippen LogP contribution in [0.15, 0.2) is 69.5 Å². The third kappa shape index (κ3) is 32.8. The van der Waals surface area contributed by atoms with Crippen LogP contribution in [0.3, 0.4) is 0 Å². The Morgan fingerprint density at radius 3 is 0.776 bits per heavy atom. The van der Waals surface area contributed by atoms with E-state index in [2.05, 4.69) is 116 Å². The molecule has 0 aliphatic rings. The summed E-state index contributed by atoms with van der Waals surface area (Å²) in [5.41, 5.74) is 0.00660. The summed E-state index contributed by atoms with van der Waals surface area (Å²) in [6.45, 7) is 11.4. The average molecular weight is 949 g/mol. The molecule has 0 bridgehead atoms. The van der Waals surface area contributed by atoms with Crippen LogP contribution in [0.5, 0.6) is 0 Å². The summed E-state index contributed by atoms with van der Waals surface area (Å²) in [5, 5.41) is 40.9. The number of isothiocyanates is 4. The van der Waals surface area contributed by atoms with Crippen LogP contribution in [0.1, 0.15) is 51.0 Å². The second kappa shape index (κ2) is 39.5. The Bertz CT molecular complexity index is 1630. The van der Waals surface area contributed by atoms with Crippen LogP contribution in [-0.2, 0) is 62.3 Å². The van der Waals surface area contributed by atoms with Crippen LogP contribution < -0.4 is 0 Å². The second-order valence-electron chi connectivity index (χ2n) is 12.2. The van der Waals surface area contributed by atoms with Crippen molar-refractivity contribution in [3.63, 3.8) is 0 Å². The molecule has 0 atom stereocenters. The van der Waals surface area contributed by atoms with Crippen molar-refractivity contribution in [1.29, 1.82) is 0 Å². The number of nitrogens with zero attached hydrogens (tertiary/aromatic N) is 16. The molecule has 4 aromatic rings. The van der Waals surface area contributed by atoms with E-state index < -0.39 is 0 Å². The number of aromatic nitrogens is 8. The third-order valence-electron chi connectivity index (χ3n) is 6.34. The standard InChI is InChI=1S/2C15H22N6.4CNS.CH4O.2Fe/c2*1-15(2,11-16-9-13-18-5-7-20(13)3)12-17-10-14-19-6-8-21(14)4;4*2-1-3;1-2;;/h2*5-10H,11-12H2,1-4H3;;;;;2H,1H3;;/q;;4*-1;;2*+2. The maximum Gasteiger partial charge on any atom is 2.00 e. The summed E-state index contributed by atoms with van der Waals surface area (Å²) in [6, 6.07) is 0. The van der Waals surface area contributed by atoms with E-state index in [9.17, 15) is 0 Å². The summed E-state index contributed by atoms with van der Waals surface area (Å²) >= 11 is 14.8. The van der Waals surface area contributed by atoms with E-state index in [1.54, 1.807) is 24.8 Å². The molecule has 0 unspecified atom stereocenters. The molecule has 0 spiro atoms. The number of aliphatic hydroxyl groups excluding tert-OH is 1. The first-order valence-corrected chi connectivity index (χ1v) is 17.6. The zero-order chi connectivity index (χ0) is 43.4. The van der Waals surface area contributed by atoms with Gasteiger partial charge < -0.3 is 45.0 Å². The fourth-order valence-electron chi connectivity index (χ4n) is 3.60. The quantitative estimate of drug-likeness (QED) is 0.105. The smallest absolute Gasteiger partial charge is 0.753 e. The predicted molar refractivity (Wildman–Crippen MR) is 242 cm³/mol. The third-order valence-corrected chi connectivity index (χ3v) is 6.34. The zero-order valence-corrected chi connectivity index (χ0v) is 39.2. The van der Waals surface area contributed by atoms with Crippen LogP contribution in [0, 0.1) is 10.8 Å². The minimum absolute atomic E-state index is 0. The van der Waals surface area contributed by atoms with E-state index >= 15 is 0 Å². The first-order valence-electron chi connectivity index (χ1n) is 16.0. The second-order valence-corrected chi connectivity index (χ2v) is 12.9. The number of aliphatic hydroxyl groups is 1. The van der Waals surface area contributed by atoms with E-state index in [4.69, 9.17) is 26.7 Å². The van der Waals surface area contributed by atoms with Crippen LogP contribution in [0.2, 0.25) is 0 Å². The number of aryl methyl sites for hydroxylation is 4. The van der Waals surface area contributed by atoms with Crippen molar-refractivity contribution in [2.45, 2.75) is 27.7 Å². The molecule has 0 aliphatic heterocycles. The maximum atomic E-state index is 7.13. The molecule has 0 fully saturated rings. The Morgan fingerprint density at radius 2 is 0.655 bits per heavy atom. The molecule has 0 amide bonds. The summed E-state index contributed by atoms with van der Waals surface area (Å²) in [4.78, 5) is 34.8. The molecule has 4 aromatic heterocycles. The van der Waals surface area contributed by atoms with Crippen LogP contribution >= 0.6 is 48.9 Å². The van der Waals surface area contributed by atoms with Gasteiger partial charge in [-0.15, -0.1) is 0 Å². The van der Waals surface area contributed by atoms with Crippen LogP contribution in [0.4, 0.5) is 0 Å². The average Bonchev–Trinajstić information content (AvgIpc) is 3.95. The number of rotatable bonds is 12. The first-order chi connectivity index (χ1) is 26.6. The van der Waals surface area contributed by atoms with Gasteiger partial charge in [-0.1, -0.05) is 76.6 Å². The monoisotopic (exact) mass is 948 g/mol. The number of imidazole rings is 4. The molecular formula is C35H48Fe2N16OS4. The maximum absolute atomic E-state index is 7.13. The Balaban J connectivity index is -0.000000239. The summed E-state index contributed by atoms with van der Waals surface area (Å²) in [7, 11) is 8.82. The van der Waals surface area contributed by atoms with E-state index in [1.807, 2.05) is 96.1 Å². The van der Waals surface area contributed by atoms with Gasteiger partial charge >= 0.3 is 34.1 Å². The largest absolute Gasteiger partial charge is 2.00 e. The van der Waals surface area contributed by atoms with E-state index in [0.29, 0.717) is 26.2 Å². The molecule has 4 rings (SSSR count). The molecule has 1 N–H and O–H groups in total. The van der Waals surface area contributed by atoms with Gasteiger partial charge in [0.1, 0.15) is 23.3 Å². The SMILES string of the molecule is CO.Cn1ccnc1C=NCC(C)(C)CN=Cc1nccn1C.Cn1ccnc1C=NCC(C)(C)CN=Cc1nccn1C.[Fe+2].[Fe+2].[N-]=C=S.[N-]=C=S.[N-]=C=S.[N-]=C=S. The molecule has 314 valence electrons. The number of thiocarbonyl (C=S) groups is 4. The Morgan fingerprint density at radius 1 is 0.500 bits per heavy atom. The van der Waals surface area contributed by atoms with Crippen molar-refractivity contribution in [2.24, 2.45) is 59.0 Å². The fourth-order valence-corrected chi connectivity index (χ4v) is 3.60. The molecule has 23 heteroatoms. The van der Waals surface area contributed by atoms with Gasteiger partial charge in [0.15, 0.2) is 0 Å². The van der Waals surface area contributed by atoms with Crippen molar-refractivity contribution in [3.8, 4) is 0 Å². The topological polar surface area (TPSA) is 230 Å². The molecule has 0 aliphatic carbocycles. The minimum atomic E-state index is 0. The number of hydrogen-bond donors (Lipinski definition) is 1. The summed E-state index contributed by atoms with van der Waals surface area (Å²) in [6.07, 6.45) is 21.9. The molecular weight excluding hydrogens is 900 g/mol.